The van der Waals surface area contributed by atoms with Crippen LogP contribution in [0.2, 0.25) is 5.02 Å². The van der Waals surface area contributed by atoms with Gasteiger partial charge < -0.3 is 4.57 Å². The lowest BCUT2D eigenvalue weighted by Gasteiger charge is -2.26. The first kappa shape index (κ1) is 18.0. The topological polar surface area (TPSA) is 71.4 Å². The van der Waals surface area contributed by atoms with E-state index in [4.69, 9.17) is 11.6 Å². The second kappa shape index (κ2) is 6.98. The molecule has 4 amide bonds. The summed E-state index contributed by atoms with van der Waals surface area (Å²) in [7, 11) is 0. The molecule has 0 atom stereocenters. The third kappa shape index (κ3) is 2.88. The van der Waals surface area contributed by atoms with Crippen molar-refractivity contribution >= 4 is 52.1 Å². The number of nitrogens with one attached hydrogen (secondary N) is 1. The number of hydrogen-bond donors (Lipinski definition) is 1. The van der Waals surface area contributed by atoms with Crippen molar-refractivity contribution in [3.63, 3.8) is 0 Å². The lowest BCUT2D eigenvalue weighted by molar-refractivity contribution is -0.122. The van der Waals surface area contributed by atoms with Crippen molar-refractivity contribution < 1.29 is 14.4 Å². The van der Waals surface area contributed by atoms with Gasteiger partial charge in [-0.05, 0) is 31.2 Å². The fourth-order valence-corrected chi connectivity index (χ4v) is 3.54. The first-order valence-electron chi connectivity index (χ1n) is 8.75. The Hall–Kier alpha value is -3.38. The van der Waals surface area contributed by atoms with E-state index in [0.29, 0.717) is 0 Å². The van der Waals surface area contributed by atoms with Crippen LogP contribution in [0.3, 0.4) is 0 Å². The quantitative estimate of drug-likeness (QED) is 0.540. The van der Waals surface area contributed by atoms with E-state index in [-0.39, 0.29) is 16.3 Å². The van der Waals surface area contributed by atoms with Crippen molar-refractivity contribution in [2.45, 2.75) is 13.5 Å². The van der Waals surface area contributed by atoms with Gasteiger partial charge in [0.05, 0.1) is 10.7 Å². The summed E-state index contributed by atoms with van der Waals surface area (Å²) in [6, 6.07) is 13.4. The van der Waals surface area contributed by atoms with Crippen LogP contribution in [-0.2, 0) is 16.1 Å². The molecule has 6 nitrogen and oxygen atoms in total. The monoisotopic (exact) mass is 393 g/mol. The molecule has 7 heteroatoms. The number of carbonyl (C=O) groups is 3. The molecule has 140 valence electrons. The maximum absolute atomic E-state index is 13.0. The van der Waals surface area contributed by atoms with Crippen LogP contribution in [-0.4, -0.2) is 22.4 Å². The van der Waals surface area contributed by atoms with Gasteiger partial charge in [0.25, 0.3) is 11.8 Å². The van der Waals surface area contributed by atoms with Gasteiger partial charge >= 0.3 is 6.03 Å². The summed E-state index contributed by atoms with van der Waals surface area (Å²) >= 11 is 6.15. The summed E-state index contributed by atoms with van der Waals surface area (Å²) in [4.78, 5) is 38.6. The van der Waals surface area contributed by atoms with Gasteiger partial charge in [-0.1, -0.05) is 41.9 Å². The molecule has 0 bridgehead atoms. The lowest BCUT2D eigenvalue weighted by atomic mass is 10.1. The van der Waals surface area contributed by atoms with Gasteiger partial charge in [0, 0.05) is 29.2 Å². The highest BCUT2D eigenvalue weighted by Crippen LogP contribution is 2.30. The number of amides is 4. The molecule has 0 aliphatic carbocycles. The Morgan fingerprint density at radius 1 is 1.04 bits per heavy atom. The molecule has 1 aliphatic heterocycles. The predicted octanol–water partition coefficient (Wildman–Crippen LogP) is 3.98. The summed E-state index contributed by atoms with van der Waals surface area (Å²) in [5, 5.41) is 3.37. The Morgan fingerprint density at radius 3 is 2.50 bits per heavy atom. The smallest absolute Gasteiger partial charge is 0.335 e. The molecule has 0 saturated carbocycles. The zero-order valence-electron chi connectivity index (χ0n) is 15.0. The molecule has 1 N–H and O–H groups in total. The number of halogens is 1. The zero-order valence-corrected chi connectivity index (χ0v) is 15.7. The van der Waals surface area contributed by atoms with Crippen LogP contribution >= 0.6 is 11.6 Å². The molecule has 1 aliphatic rings. The number of rotatable bonds is 3. The third-order valence-corrected chi connectivity index (χ3v) is 4.97. The molecule has 2 aromatic carbocycles. The van der Waals surface area contributed by atoms with E-state index in [9.17, 15) is 14.4 Å². The summed E-state index contributed by atoms with van der Waals surface area (Å²) in [5.41, 5.74) is 1.82. The number of urea groups is 1. The first-order valence-corrected chi connectivity index (χ1v) is 9.13. The summed E-state index contributed by atoms with van der Waals surface area (Å²) in [5.74, 6) is -1.44. The maximum atomic E-state index is 13.0. The number of aromatic nitrogens is 1. The Morgan fingerprint density at radius 2 is 1.75 bits per heavy atom. The van der Waals surface area contributed by atoms with Crippen molar-refractivity contribution in [1.29, 1.82) is 0 Å². The van der Waals surface area contributed by atoms with Crippen LogP contribution in [0, 0.1) is 0 Å². The van der Waals surface area contributed by atoms with Crippen LogP contribution in [0.15, 0.2) is 60.3 Å². The van der Waals surface area contributed by atoms with Gasteiger partial charge in [-0.25, -0.2) is 9.69 Å². The number of imide groups is 2. The second-order valence-electron chi connectivity index (χ2n) is 6.30. The molecule has 0 radical (unpaired) electrons. The van der Waals surface area contributed by atoms with Gasteiger partial charge in [0.15, 0.2) is 0 Å². The van der Waals surface area contributed by atoms with E-state index in [1.165, 1.54) is 6.08 Å². The average molecular weight is 394 g/mol. The highest BCUT2D eigenvalue weighted by Gasteiger charge is 2.37. The van der Waals surface area contributed by atoms with Crippen molar-refractivity contribution in [1.82, 2.24) is 9.88 Å². The molecule has 1 saturated heterocycles. The maximum Gasteiger partial charge on any atom is 0.335 e. The van der Waals surface area contributed by atoms with E-state index >= 15 is 0 Å². The number of anilines is 1. The minimum Gasteiger partial charge on any atom is -0.347 e. The van der Waals surface area contributed by atoms with Gasteiger partial charge in [-0.2, -0.15) is 0 Å². The summed E-state index contributed by atoms with van der Waals surface area (Å²) in [6.07, 6.45) is 3.40. The van der Waals surface area contributed by atoms with E-state index in [1.54, 1.807) is 24.3 Å². The number of aryl methyl sites for hydroxylation is 1. The minimum absolute atomic E-state index is 0.126. The molecule has 4 rings (SSSR count). The van der Waals surface area contributed by atoms with Crippen LogP contribution in [0.25, 0.3) is 17.0 Å². The highest BCUT2D eigenvalue weighted by atomic mass is 35.5. The van der Waals surface area contributed by atoms with Crippen LogP contribution < -0.4 is 10.2 Å². The number of benzene rings is 2. The SMILES string of the molecule is CCn1cc(C=C2C(=O)NC(=O)N(c3ccccc3Cl)C2=O)c2ccccc21. The Kier molecular flexibility index (Phi) is 4.49. The molecule has 28 heavy (non-hydrogen) atoms. The van der Waals surface area contributed by atoms with Crippen LogP contribution in [0.1, 0.15) is 12.5 Å². The molecule has 1 fully saturated rings. The number of fused-ring (bicyclic) bond motifs is 1. The number of nitrogens with zero attached hydrogens (tertiary/aromatic N) is 2. The Bertz CT molecular complexity index is 1160. The van der Waals surface area contributed by atoms with Crippen molar-refractivity contribution in [2.24, 2.45) is 0 Å². The number of barbiturate groups is 1. The highest BCUT2D eigenvalue weighted by molar-refractivity contribution is 6.42. The second-order valence-corrected chi connectivity index (χ2v) is 6.70. The van der Waals surface area contributed by atoms with E-state index in [0.717, 1.165) is 27.9 Å². The number of hydrogen-bond acceptors (Lipinski definition) is 3. The zero-order chi connectivity index (χ0) is 19.8. The summed E-state index contributed by atoms with van der Waals surface area (Å²) in [6.45, 7) is 2.76. The normalized spacial score (nSPS) is 16.1. The van der Waals surface area contributed by atoms with Gasteiger partial charge in [0.1, 0.15) is 5.57 Å². The average Bonchev–Trinajstić information content (AvgIpc) is 3.04. The molecule has 2 heterocycles. The molecule has 1 aromatic heterocycles. The lowest BCUT2D eigenvalue weighted by Crippen LogP contribution is -2.54. The fraction of sp³-hybridized carbons (Fsp3) is 0.0952. The van der Waals surface area contributed by atoms with E-state index in [1.807, 2.05) is 42.0 Å². The molecule has 0 spiro atoms. The van der Waals surface area contributed by atoms with Crippen LogP contribution in [0.4, 0.5) is 10.5 Å². The first-order chi connectivity index (χ1) is 13.5. The van der Waals surface area contributed by atoms with Crippen molar-refractivity contribution in [2.75, 3.05) is 4.90 Å². The minimum atomic E-state index is -0.823. The molecular formula is C21H16ClN3O3. The van der Waals surface area contributed by atoms with E-state index in [2.05, 4.69) is 5.32 Å². The fourth-order valence-electron chi connectivity index (χ4n) is 3.32. The Balaban J connectivity index is 1.83. The Labute approximate surface area is 166 Å². The van der Waals surface area contributed by atoms with Gasteiger partial charge in [0.2, 0.25) is 0 Å². The van der Waals surface area contributed by atoms with Crippen molar-refractivity contribution in [3.8, 4) is 0 Å². The number of carbonyl (C=O) groups excluding carboxylic acids is 3. The van der Waals surface area contributed by atoms with Gasteiger partial charge in [-0.15, -0.1) is 0 Å². The van der Waals surface area contributed by atoms with Gasteiger partial charge in [-0.3, -0.25) is 14.9 Å². The van der Waals surface area contributed by atoms with E-state index < -0.39 is 17.8 Å². The van der Waals surface area contributed by atoms with Crippen LogP contribution in [0.5, 0.6) is 0 Å². The third-order valence-electron chi connectivity index (χ3n) is 4.65. The summed E-state index contributed by atoms with van der Waals surface area (Å²) < 4.78 is 2.03. The molecule has 0 unspecified atom stereocenters. The largest absolute Gasteiger partial charge is 0.347 e. The molecule has 3 aromatic rings. The predicted molar refractivity (Wildman–Crippen MR) is 108 cm³/mol. The van der Waals surface area contributed by atoms with Crippen molar-refractivity contribution in [3.05, 3.63) is 70.9 Å². The number of para-hydroxylation sites is 2. The molecular weight excluding hydrogens is 378 g/mol. The standard InChI is InChI=1S/C21H16ClN3O3/c1-2-24-12-13(14-7-3-5-9-17(14)24)11-15-19(26)23-21(28)25(20(15)27)18-10-6-4-8-16(18)22/h3-12H,2H2,1H3,(H,23,26,28).